The molecule has 1 N–H and O–H groups in total. The Hall–Kier alpha value is -1.06. The summed E-state index contributed by atoms with van der Waals surface area (Å²) in [7, 11) is 0. The molecule has 1 aromatic rings. The van der Waals surface area contributed by atoms with Crippen molar-refractivity contribution in [1.82, 2.24) is 10.3 Å². The van der Waals surface area contributed by atoms with Crippen molar-refractivity contribution in [3.8, 4) is 0 Å². The third-order valence-electron chi connectivity index (χ3n) is 1.43. The van der Waals surface area contributed by atoms with Gasteiger partial charge in [-0.1, -0.05) is 29.8 Å². The van der Waals surface area contributed by atoms with Crippen LogP contribution in [0.4, 0.5) is 0 Å². The van der Waals surface area contributed by atoms with Crippen LogP contribution in [0.1, 0.15) is 10.4 Å². The lowest BCUT2D eigenvalue weighted by molar-refractivity contribution is 0.0957. The van der Waals surface area contributed by atoms with Crippen LogP contribution in [0.25, 0.3) is 0 Å². The van der Waals surface area contributed by atoms with E-state index in [4.69, 9.17) is 23.2 Å². The fourth-order valence-electron chi connectivity index (χ4n) is 0.822. The van der Waals surface area contributed by atoms with Crippen LogP contribution in [0.15, 0.2) is 29.9 Å². The van der Waals surface area contributed by atoms with E-state index in [1.165, 1.54) is 12.3 Å². The zero-order valence-corrected chi connectivity index (χ0v) is 8.77. The number of carbonyl (C=O) groups is 1. The van der Waals surface area contributed by atoms with Crippen LogP contribution < -0.4 is 5.32 Å². The average Bonchev–Trinajstić information content (AvgIpc) is 2.14. The molecule has 0 aliphatic heterocycles. The summed E-state index contributed by atoms with van der Waals surface area (Å²) < 4.78 is 0. The second kappa shape index (κ2) is 4.98. The molecular formula is C9H8Cl2N2O. The molecule has 0 aliphatic carbocycles. The number of rotatable bonds is 3. The molecule has 1 rings (SSSR count). The van der Waals surface area contributed by atoms with Crippen molar-refractivity contribution in [2.45, 2.75) is 0 Å². The van der Waals surface area contributed by atoms with Gasteiger partial charge < -0.3 is 5.32 Å². The molecule has 0 bridgehead atoms. The highest BCUT2D eigenvalue weighted by atomic mass is 35.5. The van der Waals surface area contributed by atoms with Gasteiger partial charge in [0.05, 0.1) is 6.54 Å². The quantitative estimate of drug-likeness (QED) is 0.810. The summed E-state index contributed by atoms with van der Waals surface area (Å²) in [6, 6.07) is 3.05. The molecule has 0 aliphatic rings. The third-order valence-corrected chi connectivity index (χ3v) is 1.77. The first-order valence-corrected chi connectivity index (χ1v) is 4.58. The van der Waals surface area contributed by atoms with Gasteiger partial charge in [-0.05, 0) is 12.1 Å². The largest absolute Gasteiger partial charge is 0.347 e. The lowest BCUT2D eigenvalue weighted by Crippen LogP contribution is -2.24. The Labute approximate surface area is 91.7 Å². The van der Waals surface area contributed by atoms with Crippen LogP contribution in [-0.2, 0) is 0 Å². The van der Waals surface area contributed by atoms with Crippen molar-refractivity contribution < 1.29 is 4.79 Å². The maximum atomic E-state index is 11.4. The molecule has 0 saturated carbocycles. The Morgan fingerprint density at radius 2 is 2.36 bits per heavy atom. The molecule has 0 saturated heterocycles. The molecule has 3 nitrogen and oxygen atoms in total. The topological polar surface area (TPSA) is 42.0 Å². The van der Waals surface area contributed by atoms with E-state index >= 15 is 0 Å². The summed E-state index contributed by atoms with van der Waals surface area (Å²) in [6.07, 6.45) is 1.47. The van der Waals surface area contributed by atoms with E-state index in [2.05, 4.69) is 16.9 Å². The van der Waals surface area contributed by atoms with E-state index < -0.39 is 0 Å². The molecule has 74 valence electrons. The minimum absolute atomic E-state index is 0.236. The van der Waals surface area contributed by atoms with E-state index in [1.54, 1.807) is 6.07 Å². The summed E-state index contributed by atoms with van der Waals surface area (Å²) in [6.45, 7) is 3.69. The van der Waals surface area contributed by atoms with Gasteiger partial charge in [-0.25, -0.2) is 4.98 Å². The first-order chi connectivity index (χ1) is 6.59. The van der Waals surface area contributed by atoms with Crippen LogP contribution in [0.2, 0.25) is 5.15 Å². The Balaban J connectivity index is 2.65. The van der Waals surface area contributed by atoms with E-state index in [0.717, 1.165) is 0 Å². The smallest absolute Gasteiger partial charge is 0.251 e. The Bertz CT molecular complexity index is 366. The Morgan fingerprint density at radius 1 is 1.64 bits per heavy atom. The average molecular weight is 231 g/mol. The standard InChI is InChI=1S/C9H8Cl2N2O/c1-6(10)5-13-9(14)7-2-3-12-8(11)4-7/h2-4H,1,5H2,(H,13,14). The van der Waals surface area contributed by atoms with Gasteiger partial charge in [0.25, 0.3) is 5.91 Å². The molecule has 0 unspecified atom stereocenters. The van der Waals surface area contributed by atoms with Crippen LogP contribution in [-0.4, -0.2) is 17.4 Å². The minimum Gasteiger partial charge on any atom is -0.347 e. The summed E-state index contributed by atoms with van der Waals surface area (Å²) in [5.41, 5.74) is 0.447. The number of amides is 1. The van der Waals surface area contributed by atoms with Crippen LogP contribution in [0.5, 0.6) is 0 Å². The van der Waals surface area contributed by atoms with Gasteiger partial charge in [-0.15, -0.1) is 0 Å². The number of nitrogens with one attached hydrogen (secondary N) is 1. The molecule has 0 fully saturated rings. The van der Waals surface area contributed by atoms with Gasteiger partial charge in [0.15, 0.2) is 0 Å². The highest BCUT2D eigenvalue weighted by Crippen LogP contribution is 2.06. The maximum absolute atomic E-state index is 11.4. The van der Waals surface area contributed by atoms with Gasteiger partial charge in [0.1, 0.15) is 5.15 Å². The molecule has 0 radical (unpaired) electrons. The summed E-state index contributed by atoms with van der Waals surface area (Å²) >= 11 is 11.1. The van der Waals surface area contributed by atoms with Gasteiger partial charge >= 0.3 is 0 Å². The summed E-state index contributed by atoms with van der Waals surface area (Å²) in [5, 5.41) is 3.22. The fourth-order valence-corrected chi connectivity index (χ4v) is 1.06. The molecule has 5 heteroatoms. The predicted octanol–water partition coefficient (Wildman–Crippen LogP) is 2.22. The molecular weight excluding hydrogens is 223 g/mol. The van der Waals surface area contributed by atoms with E-state index in [0.29, 0.717) is 10.6 Å². The predicted molar refractivity (Wildman–Crippen MR) is 56.6 cm³/mol. The van der Waals surface area contributed by atoms with E-state index in [-0.39, 0.29) is 17.6 Å². The van der Waals surface area contributed by atoms with E-state index in [9.17, 15) is 4.79 Å². The van der Waals surface area contributed by atoms with Crippen LogP contribution in [0, 0.1) is 0 Å². The first kappa shape index (κ1) is 11.0. The van der Waals surface area contributed by atoms with Crippen LogP contribution >= 0.6 is 23.2 Å². The van der Waals surface area contributed by atoms with E-state index in [1.807, 2.05) is 0 Å². The number of pyridine rings is 1. The molecule has 0 spiro atoms. The molecule has 1 aromatic heterocycles. The lowest BCUT2D eigenvalue weighted by atomic mass is 10.2. The lowest BCUT2D eigenvalue weighted by Gasteiger charge is -2.03. The Kier molecular flexibility index (Phi) is 3.92. The summed E-state index contributed by atoms with van der Waals surface area (Å²) in [4.78, 5) is 15.2. The molecule has 1 amide bonds. The normalized spacial score (nSPS) is 9.57. The molecule has 14 heavy (non-hydrogen) atoms. The number of halogens is 2. The van der Waals surface area contributed by atoms with Gasteiger partial charge in [-0.2, -0.15) is 0 Å². The second-order valence-corrected chi connectivity index (χ2v) is 3.49. The van der Waals surface area contributed by atoms with Gasteiger partial charge in [0, 0.05) is 16.8 Å². The van der Waals surface area contributed by atoms with Crippen molar-refractivity contribution in [2.75, 3.05) is 6.54 Å². The molecule has 1 heterocycles. The van der Waals surface area contributed by atoms with Crippen LogP contribution in [0.3, 0.4) is 0 Å². The Morgan fingerprint density at radius 3 is 2.93 bits per heavy atom. The molecule has 0 atom stereocenters. The number of carbonyl (C=O) groups excluding carboxylic acids is 1. The van der Waals surface area contributed by atoms with Gasteiger partial charge in [0.2, 0.25) is 0 Å². The van der Waals surface area contributed by atoms with Gasteiger partial charge in [-0.3, -0.25) is 4.79 Å². The minimum atomic E-state index is -0.254. The zero-order chi connectivity index (χ0) is 10.6. The van der Waals surface area contributed by atoms with Crippen molar-refractivity contribution >= 4 is 29.1 Å². The van der Waals surface area contributed by atoms with Crippen molar-refractivity contribution in [3.63, 3.8) is 0 Å². The third kappa shape index (κ3) is 3.36. The monoisotopic (exact) mass is 230 g/mol. The van der Waals surface area contributed by atoms with Crippen molar-refractivity contribution in [3.05, 3.63) is 40.7 Å². The summed E-state index contributed by atoms with van der Waals surface area (Å²) in [5.74, 6) is -0.254. The highest BCUT2D eigenvalue weighted by molar-refractivity contribution is 6.30. The number of aromatic nitrogens is 1. The highest BCUT2D eigenvalue weighted by Gasteiger charge is 2.05. The SMILES string of the molecule is C=C(Cl)CNC(=O)c1ccnc(Cl)c1. The number of hydrogen-bond acceptors (Lipinski definition) is 2. The molecule has 0 aromatic carbocycles. The second-order valence-electron chi connectivity index (χ2n) is 2.57. The fraction of sp³-hybridized carbons (Fsp3) is 0.111. The number of hydrogen-bond donors (Lipinski definition) is 1. The first-order valence-electron chi connectivity index (χ1n) is 3.82. The maximum Gasteiger partial charge on any atom is 0.251 e. The zero-order valence-electron chi connectivity index (χ0n) is 7.26. The van der Waals surface area contributed by atoms with Crippen molar-refractivity contribution in [1.29, 1.82) is 0 Å². The van der Waals surface area contributed by atoms with Crippen molar-refractivity contribution in [2.24, 2.45) is 0 Å². The number of nitrogens with zero attached hydrogens (tertiary/aromatic N) is 1.